The van der Waals surface area contributed by atoms with E-state index in [1.165, 1.54) is 22.2 Å². The van der Waals surface area contributed by atoms with Gasteiger partial charge in [0, 0.05) is 38.8 Å². The van der Waals surface area contributed by atoms with E-state index in [0.29, 0.717) is 17.8 Å². The molecular formula is C23H22IN3O. The van der Waals surface area contributed by atoms with Gasteiger partial charge in [0.15, 0.2) is 0 Å². The number of aryl methyl sites for hydroxylation is 1. The highest BCUT2D eigenvalue weighted by Gasteiger charge is 2.12. The molecule has 142 valence electrons. The van der Waals surface area contributed by atoms with E-state index in [0.717, 1.165) is 15.6 Å². The molecule has 0 atom stereocenters. The second-order valence-electron chi connectivity index (χ2n) is 6.77. The third kappa shape index (κ3) is 3.07. The number of halogens is 1. The van der Waals surface area contributed by atoms with Crippen LogP contribution in [0.1, 0.15) is 30.9 Å². The molecule has 4 rings (SSSR count). The standard InChI is InChI=1S/C23H22IN3O/c1-4-26-15(3)17(18-8-6-7-9-21(18)26)11-13-22-25-20-12-10-16(24)14-19(20)23(28)27(22)5-2/h6-14H,4-5H2,1-3H3. The fourth-order valence-electron chi connectivity index (χ4n) is 3.88. The predicted molar refractivity (Wildman–Crippen MR) is 126 cm³/mol. The molecule has 0 bridgehead atoms. The number of benzene rings is 2. The van der Waals surface area contributed by atoms with Crippen molar-refractivity contribution in [2.24, 2.45) is 0 Å². The Kier molecular flexibility index (Phi) is 5.10. The van der Waals surface area contributed by atoms with Gasteiger partial charge in [-0.3, -0.25) is 9.36 Å². The first-order chi connectivity index (χ1) is 13.5. The lowest BCUT2D eigenvalue weighted by Crippen LogP contribution is -2.23. The van der Waals surface area contributed by atoms with E-state index in [-0.39, 0.29) is 5.56 Å². The highest BCUT2D eigenvalue weighted by atomic mass is 127. The summed E-state index contributed by atoms with van der Waals surface area (Å²) >= 11 is 2.23. The van der Waals surface area contributed by atoms with Gasteiger partial charge in [-0.25, -0.2) is 4.98 Å². The lowest BCUT2D eigenvalue weighted by Gasteiger charge is -2.09. The summed E-state index contributed by atoms with van der Waals surface area (Å²) in [4.78, 5) is 17.7. The van der Waals surface area contributed by atoms with Gasteiger partial charge in [0.2, 0.25) is 0 Å². The van der Waals surface area contributed by atoms with Crippen LogP contribution in [-0.4, -0.2) is 14.1 Å². The van der Waals surface area contributed by atoms with Crippen LogP contribution in [0.5, 0.6) is 0 Å². The smallest absolute Gasteiger partial charge is 0.261 e. The van der Waals surface area contributed by atoms with Gasteiger partial charge in [0.05, 0.1) is 10.9 Å². The van der Waals surface area contributed by atoms with E-state index in [1.54, 1.807) is 4.57 Å². The van der Waals surface area contributed by atoms with Crippen molar-refractivity contribution < 1.29 is 0 Å². The lowest BCUT2D eigenvalue weighted by atomic mass is 10.1. The second-order valence-corrected chi connectivity index (χ2v) is 8.02. The molecule has 0 N–H and O–H groups in total. The average Bonchev–Trinajstić information content (AvgIpc) is 2.97. The Labute approximate surface area is 177 Å². The zero-order valence-electron chi connectivity index (χ0n) is 16.2. The summed E-state index contributed by atoms with van der Waals surface area (Å²) < 4.78 is 5.10. The van der Waals surface area contributed by atoms with Crippen molar-refractivity contribution in [3.63, 3.8) is 0 Å². The van der Waals surface area contributed by atoms with Gasteiger partial charge in [0.25, 0.3) is 5.56 Å². The lowest BCUT2D eigenvalue weighted by molar-refractivity contribution is 0.708. The fourth-order valence-corrected chi connectivity index (χ4v) is 4.37. The summed E-state index contributed by atoms with van der Waals surface area (Å²) in [5, 5.41) is 1.89. The third-order valence-electron chi connectivity index (χ3n) is 5.26. The predicted octanol–water partition coefficient (Wildman–Crippen LogP) is 5.47. The Morgan fingerprint density at radius 2 is 1.75 bits per heavy atom. The number of nitrogens with zero attached hydrogens (tertiary/aromatic N) is 3. The van der Waals surface area contributed by atoms with Gasteiger partial charge in [0.1, 0.15) is 5.82 Å². The van der Waals surface area contributed by atoms with E-state index in [4.69, 9.17) is 4.98 Å². The van der Waals surface area contributed by atoms with Crippen LogP contribution in [0.2, 0.25) is 0 Å². The van der Waals surface area contributed by atoms with Crippen LogP contribution in [0.15, 0.2) is 47.3 Å². The monoisotopic (exact) mass is 483 g/mol. The maximum atomic E-state index is 13.0. The Balaban J connectivity index is 1.90. The van der Waals surface area contributed by atoms with Gasteiger partial charge in [-0.2, -0.15) is 0 Å². The Bertz CT molecular complexity index is 1280. The molecule has 4 nitrogen and oxygen atoms in total. The highest BCUT2D eigenvalue weighted by Crippen LogP contribution is 2.27. The van der Waals surface area contributed by atoms with Crippen LogP contribution >= 0.6 is 22.6 Å². The molecular weight excluding hydrogens is 461 g/mol. The molecule has 0 unspecified atom stereocenters. The normalized spacial score (nSPS) is 11.9. The molecule has 0 saturated heterocycles. The number of fused-ring (bicyclic) bond motifs is 2. The third-order valence-corrected chi connectivity index (χ3v) is 5.93. The molecule has 0 radical (unpaired) electrons. The maximum Gasteiger partial charge on any atom is 0.261 e. The Morgan fingerprint density at radius 1 is 1.00 bits per heavy atom. The van der Waals surface area contributed by atoms with Crippen LogP contribution in [0.3, 0.4) is 0 Å². The zero-order chi connectivity index (χ0) is 19.8. The molecule has 28 heavy (non-hydrogen) atoms. The number of hydrogen-bond donors (Lipinski definition) is 0. The van der Waals surface area contributed by atoms with E-state index in [2.05, 4.69) is 71.3 Å². The van der Waals surface area contributed by atoms with Crippen LogP contribution in [0.4, 0.5) is 0 Å². The minimum atomic E-state index is 0.0124. The van der Waals surface area contributed by atoms with Gasteiger partial charge in [-0.15, -0.1) is 0 Å². The van der Waals surface area contributed by atoms with E-state index >= 15 is 0 Å². The molecule has 4 aromatic rings. The van der Waals surface area contributed by atoms with E-state index in [1.807, 2.05) is 31.2 Å². The second kappa shape index (κ2) is 7.54. The molecule has 5 heteroatoms. The quantitative estimate of drug-likeness (QED) is 0.361. The first-order valence-electron chi connectivity index (χ1n) is 9.51. The topological polar surface area (TPSA) is 39.8 Å². The van der Waals surface area contributed by atoms with Crippen LogP contribution in [0.25, 0.3) is 34.0 Å². The Morgan fingerprint density at radius 3 is 2.50 bits per heavy atom. The minimum Gasteiger partial charge on any atom is -0.345 e. The summed E-state index contributed by atoms with van der Waals surface area (Å²) in [7, 11) is 0. The van der Waals surface area contributed by atoms with Crippen molar-refractivity contribution in [1.29, 1.82) is 0 Å². The van der Waals surface area contributed by atoms with Crippen molar-refractivity contribution in [3.05, 3.63) is 73.5 Å². The van der Waals surface area contributed by atoms with Gasteiger partial charge in [-0.1, -0.05) is 18.2 Å². The zero-order valence-corrected chi connectivity index (χ0v) is 18.4. The van der Waals surface area contributed by atoms with Gasteiger partial charge < -0.3 is 4.57 Å². The first kappa shape index (κ1) is 18.9. The molecule has 0 saturated carbocycles. The van der Waals surface area contributed by atoms with Gasteiger partial charge in [-0.05, 0) is 79.8 Å². The molecule has 2 aromatic heterocycles. The average molecular weight is 483 g/mol. The van der Waals surface area contributed by atoms with Gasteiger partial charge >= 0.3 is 0 Å². The Hall–Kier alpha value is -2.41. The summed E-state index contributed by atoms with van der Waals surface area (Å²) in [6.45, 7) is 7.80. The van der Waals surface area contributed by atoms with Crippen molar-refractivity contribution in [2.45, 2.75) is 33.9 Å². The van der Waals surface area contributed by atoms with Crippen molar-refractivity contribution >= 4 is 56.5 Å². The van der Waals surface area contributed by atoms with Crippen LogP contribution < -0.4 is 5.56 Å². The molecule has 0 fully saturated rings. The van der Waals surface area contributed by atoms with E-state index < -0.39 is 0 Å². The molecule has 0 spiro atoms. The molecule has 0 aliphatic rings. The molecule has 2 aromatic carbocycles. The van der Waals surface area contributed by atoms with Crippen LogP contribution in [0, 0.1) is 10.5 Å². The highest BCUT2D eigenvalue weighted by molar-refractivity contribution is 14.1. The van der Waals surface area contributed by atoms with Crippen molar-refractivity contribution in [1.82, 2.24) is 14.1 Å². The summed E-state index contributed by atoms with van der Waals surface area (Å²) in [6.07, 6.45) is 4.06. The van der Waals surface area contributed by atoms with Crippen LogP contribution in [-0.2, 0) is 13.1 Å². The summed E-state index contributed by atoms with van der Waals surface area (Å²) in [5.74, 6) is 0.689. The number of para-hydroxylation sites is 1. The summed E-state index contributed by atoms with van der Waals surface area (Å²) in [6, 6.07) is 14.3. The molecule has 0 amide bonds. The number of rotatable bonds is 4. The fraction of sp³-hybridized carbons (Fsp3) is 0.217. The minimum absolute atomic E-state index is 0.0124. The largest absolute Gasteiger partial charge is 0.345 e. The van der Waals surface area contributed by atoms with Crippen molar-refractivity contribution in [3.8, 4) is 0 Å². The first-order valence-corrected chi connectivity index (χ1v) is 10.6. The molecule has 0 aliphatic carbocycles. The summed E-state index contributed by atoms with van der Waals surface area (Å²) in [5.41, 5.74) is 4.38. The van der Waals surface area contributed by atoms with Crippen molar-refractivity contribution in [2.75, 3.05) is 0 Å². The maximum absolute atomic E-state index is 13.0. The van der Waals surface area contributed by atoms with E-state index in [9.17, 15) is 4.79 Å². The SMILES string of the molecule is CCn1c(C=Cc2c(C)n(CC)c3ccccc23)nc2ccc(I)cc2c1=O. The number of aromatic nitrogens is 3. The molecule has 2 heterocycles. The number of hydrogen-bond acceptors (Lipinski definition) is 2. The molecule has 0 aliphatic heterocycles.